The van der Waals surface area contributed by atoms with Crippen molar-refractivity contribution in [1.82, 2.24) is 0 Å². The molecular weight excluding hydrogens is 190 g/mol. The molecule has 1 fully saturated rings. The molecule has 2 rings (SSSR count). The fraction of sp³-hybridized carbons (Fsp3) is 0.417. The topological polar surface area (TPSA) is 40.5 Å². The van der Waals surface area contributed by atoms with Gasteiger partial charge in [-0.15, -0.1) is 0 Å². The average Bonchev–Trinajstić information content (AvgIpc) is 2.30. The quantitative estimate of drug-likeness (QED) is 0.754. The van der Waals surface area contributed by atoms with Gasteiger partial charge in [0.15, 0.2) is 5.78 Å². The number of hydrogen-bond donors (Lipinski definition) is 1. The summed E-state index contributed by atoms with van der Waals surface area (Å²) in [4.78, 5) is 11.6. The van der Waals surface area contributed by atoms with E-state index < -0.39 is 0 Å². The summed E-state index contributed by atoms with van der Waals surface area (Å²) in [6.07, 6.45) is 3.32. The molecule has 1 aromatic rings. The summed E-state index contributed by atoms with van der Waals surface area (Å²) >= 11 is 0. The highest BCUT2D eigenvalue weighted by molar-refractivity contribution is 5.87. The number of carbonyl (C=O) groups excluding carboxylic acids is 1. The Morgan fingerprint density at radius 1 is 1.20 bits per heavy atom. The SMILES string of the molecule is O=C1CCCC[C@H]1N(O)c1ccccc1. The number of benzene rings is 1. The van der Waals surface area contributed by atoms with E-state index in [-0.39, 0.29) is 11.8 Å². The second kappa shape index (κ2) is 4.45. The fourth-order valence-corrected chi connectivity index (χ4v) is 1.98. The van der Waals surface area contributed by atoms with Crippen LogP contribution in [0, 0.1) is 0 Å². The maximum atomic E-state index is 11.6. The molecule has 1 aliphatic carbocycles. The zero-order valence-corrected chi connectivity index (χ0v) is 8.60. The Hall–Kier alpha value is -1.35. The maximum absolute atomic E-state index is 11.6. The highest BCUT2D eigenvalue weighted by atomic mass is 16.5. The van der Waals surface area contributed by atoms with Gasteiger partial charge in [-0.05, 0) is 25.0 Å². The van der Waals surface area contributed by atoms with Crippen molar-refractivity contribution in [3.63, 3.8) is 0 Å². The normalized spacial score (nSPS) is 21.4. The van der Waals surface area contributed by atoms with Gasteiger partial charge in [0.2, 0.25) is 0 Å². The van der Waals surface area contributed by atoms with E-state index in [9.17, 15) is 10.0 Å². The van der Waals surface area contributed by atoms with Gasteiger partial charge in [0.1, 0.15) is 6.04 Å². The van der Waals surface area contributed by atoms with Gasteiger partial charge in [-0.1, -0.05) is 24.6 Å². The van der Waals surface area contributed by atoms with Crippen LogP contribution in [0.1, 0.15) is 25.7 Å². The Kier molecular flexibility index (Phi) is 3.02. The Bertz CT molecular complexity index is 337. The second-order valence-electron chi connectivity index (χ2n) is 3.91. The number of ketones is 1. The number of Topliss-reactive ketones (excluding diaryl/α,β-unsaturated/α-hetero) is 1. The lowest BCUT2D eigenvalue weighted by molar-refractivity contribution is -0.123. The number of rotatable bonds is 2. The van der Waals surface area contributed by atoms with E-state index in [2.05, 4.69) is 0 Å². The number of nitrogens with zero attached hydrogens (tertiary/aromatic N) is 1. The van der Waals surface area contributed by atoms with E-state index in [0.717, 1.165) is 24.3 Å². The Morgan fingerprint density at radius 3 is 2.60 bits per heavy atom. The lowest BCUT2D eigenvalue weighted by Crippen LogP contribution is -2.40. The van der Waals surface area contributed by atoms with E-state index in [1.165, 1.54) is 0 Å². The molecule has 3 heteroatoms. The standard InChI is InChI=1S/C12H15NO2/c14-12-9-5-4-8-11(12)13(15)10-6-2-1-3-7-10/h1-3,6-7,11,15H,4-5,8-9H2/t11-/m1/s1. The number of para-hydroxylation sites is 1. The first-order valence-corrected chi connectivity index (χ1v) is 5.35. The summed E-state index contributed by atoms with van der Waals surface area (Å²) in [6, 6.07) is 8.86. The van der Waals surface area contributed by atoms with Crippen molar-refractivity contribution in [1.29, 1.82) is 0 Å². The number of hydrogen-bond acceptors (Lipinski definition) is 3. The lowest BCUT2D eigenvalue weighted by Gasteiger charge is -2.29. The van der Waals surface area contributed by atoms with Gasteiger partial charge in [-0.2, -0.15) is 0 Å². The molecule has 0 radical (unpaired) electrons. The van der Waals surface area contributed by atoms with Gasteiger partial charge in [-0.25, -0.2) is 5.06 Å². The molecule has 3 nitrogen and oxygen atoms in total. The summed E-state index contributed by atoms with van der Waals surface area (Å²) in [7, 11) is 0. The van der Waals surface area contributed by atoms with Crippen molar-refractivity contribution in [3.05, 3.63) is 30.3 Å². The summed E-state index contributed by atoms with van der Waals surface area (Å²) in [5.41, 5.74) is 0.692. The molecule has 0 aliphatic heterocycles. The van der Waals surface area contributed by atoms with Crippen molar-refractivity contribution in [2.75, 3.05) is 5.06 Å². The average molecular weight is 205 g/mol. The Labute approximate surface area is 89.3 Å². The molecule has 0 spiro atoms. The third-order valence-electron chi connectivity index (χ3n) is 2.84. The van der Waals surface area contributed by atoms with E-state index in [0.29, 0.717) is 12.1 Å². The molecule has 1 N–H and O–H groups in total. The molecule has 1 saturated carbocycles. The lowest BCUT2D eigenvalue weighted by atomic mass is 9.93. The van der Waals surface area contributed by atoms with Crippen molar-refractivity contribution in [2.45, 2.75) is 31.7 Å². The fourth-order valence-electron chi connectivity index (χ4n) is 1.98. The van der Waals surface area contributed by atoms with E-state index in [1.807, 2.05) is 30.3 Å². The highest BCUT2D eigenvalue weighted by Crippen LogP contribution is 2.23. The molecule has 1 aromatic carbocycles. The molecule has 1 aliphatic rings. The predicted molar refractivity (Wildman–Crippen MR) is 58.0 cm³/mol. The Balaban J connectivity index is 2.13. The first kappa shape index (κ1) is 10.2. The van der Waals surface area contributed by atoms with Crippen molar-refractivity contribution in [3.8, 4) is 0 Å². The molecule has 0 saturated heterocycles. The molecule has 0 aromatic heterocycles. The molecule has 0 amide bonds. The third-order valence-corrected chi connectivity index (χ3v) is 2.84. The number of anilines is 1. The van der Waals surface area contributed by atoms with E-state index >= 15 is 0 Å². The van der Waals surface area contributed by atoms with Crippen LogP contribution in [0.5, 0.6) is 0 Å². The zero-order valence-electron chi connectivity index (χ0n) is 8.60. The van der Waals surface area contributed by atoms with Crippen LogP contribution in [0.4, 0.5) is 5.69 Å². The monoisotopic (exact) mass is 205 g/mol. The van der Waals surface area contributed by atoms with E-state index in [1.54, 1.807) is 0 Å². The van der Waals surface area contributed by atoms with Crippen LogP contribution in [0.3, 0.4) is 0 Å². The maximum Gasteiger partial charge on any atom is 0.157 e. The Morgan fingerprint density at radius 2 is 1.93 bits per heavy atom. The smallest absolute Gasteiger partial charge is 0.157 e. The molecule has 15 heavy (non-hydrogen) atoms. The van der Waals surface area contributed by atoms with Gasteiger partial charge in [0, 0.05) is 6.42 Å². The van der Waals surface area contributed by atoms with Crippen molar-refractivity contribution in [2.24, 2.45) is 0 Å². The molecule has 80 valence electrons. The zero-order chi connectivity index (χ0) is 10.7. The summed E-state index contributed by atoms with van der Waals surface area (Å²) in [6.45, 7) is 0. The van der Waals surface area contributed by atoms with Gasteiger partial charge in [0.25, 0.3) is 0 Å². The number of hydroxylamine groups is 1. The first-order valence-electron chi connectivity index (χ1n) is 5.35. The summed E-state index contributed by atoms with van der Waals surface area (Å²) < 4.78 is 0. The van der Waals surface area contributed by atoms with Crippen molar-refractivity contribution >= 4 is 11.5 Å². The summed E-state index contributed by atoms with van der Waals surface area (Å²) in [5, 5.41) is 11.0. The minimum absolute atomic E-state index is 0.146. The van der Waals surface area contributed by atoms with E-state index in [4.69, 9.17) is 0 Å². The molecular formula is C12H15NO2. The van der Waals surface area contributed by atoms with Crippen LogP contribution in [-0.4, -0.2) is 17.0 Å². The van der Waals surface area contributed by atoms with Crippen LogP contribution in [0.25, 0.3) is 0 Å². The molecule has 1 atom stereocenters. The highest BCUT2D eigenvalue weighted by Gasteiger charge is 2.27. The third kappa shape index (κ3) is 2.18. The minimum atomic E-state index is -0.346. The van der Waals surface area contributed by atoms with Gasteiger partial charge >= 0.3 is 0 Å². The number of carbonyl (C=O) groups is 1. The first-order chi connectivity index (χ1) is 7.29. The largest absolute Gasteiger partial charge is 0.297 e. The van der Waals surface area contributed by atoms with Gasteiger partial charge in [0.05, 0.1) is 5.69 Å². The van der Waals surface area contributed by atoms with Crippen LogP contribution in [0.15, 0.2) is 30.3 Å². The molecule has 0 heterocycles. The predicted octanol–water partition coefficient (Wildman–Crippen LogP) is 2.39. The van der Waals surface area contributed by atoms with Gasteiger partial charge < -0.3 is 0 Å². The van der Waals surface area contributed by atoms with Crippen LogP contribution in [-0.2, 0) is 4.79 Å². The summed E-state index contributed by atoms with van der Waals surface area (Å²) in [5.74, 6) is 0.146. The van der Waals surface area contributed by atoms with Crippen LogP contribution >= 0.6 is 0 Å². The van der Waals surface area contributed by atoms with Crippen LogP contribution in [0.2, 0.25) is 0 Å². The van der Waals surface area contributed by atoms with Crippen molar-refractivity contribution < 1.29 is 10.0 Å². The molecule has 0 unspecified atom stereocenters. The second-order valence-corrected chi connectivity index (χ2v) is 3.91. The van der Waals surface area contributed by atoms with Gasteiger partial charge in [-0.3, -0.25) is 10.0 Å². The molecule has 0 bridgehead atoms. The van der Waals surface area contributed by atoms with Crippen LogP contribution < -0.4 is 5.06 Å². The minimum Gasteiger partial charge on any atom is -0.297 e.